The van der Waals surface area contributed by atoms with Crippen molar-refractivity contribution < 1.29 is 13.3 Å². The molecule has 0 aliphatic carbocycles. The molecule has 7 heteroatoms. The van der Waals surface area contributed by atoms with Crippen molar-refractivity contribution in [2.24, 2.45) is 0 Å². The first-order chi connectivity index (χ1) is 8.19. The predicted molar refractivity (Wildman–Crippen MR) is 70.6 cm³/mol. The molecular weight excluding hydrogens is 256 g/mol. The summed E-state index contributed by atoms with van der Waals surface area (Å²) in [6.07, 6.45) is 1.13. The first kappa shape index (κ1) is 14.4. The van der Waals surface area contributed by atoms with E-state index in [4.69, 9.17) is 0 Å². The highest BCUT2D eigenvalue weighted by Gasteiger charge is 2.17. The smallest absolute Gasteiger partial charge is 0.292 e. The molecule has 0 aliphatic heterocycles. The van der Waals surface area contributed by atoms with Crippen LogP contribution in [0.2, 0.25) is 0 Å². The van der Waals surface area contributed by atoms with Crippen LogP contribution in [0.3, 0.4) is 0 Å². The molecule has 0 saturated heterocycles. The van der Waals surface area contributed by atoms with Crippen LogP contribution in [0, 0.1) is 17.0 Å². The minimum absolute atomic E-state index is 0.0547. The maximum atomic E-state index is 11.1. The fourth-order valence-corrected chi connectivity index (χ4v) is 2.68. The van der Waals surface area contributed by atoms with Crippen LogP contribution in [0.5, 0.6) is 0 Å². The van der Waals surface area contributed by atoms with Gasteiger partial charge in [-0.05, 0) is 25.5 Å². The SMILES string of the molecule is Cc1ccc([N+](=O)[O-])c(NC(C)CS(C)(=O)=O)c1. The van der Waals surface area contributed by atoms with E-state index < -0.39 is 14.8 Å². The van der Waals surface area contributed by atoms with Gasteiger partial charge >= 0.3 is 0 Å². The van der Waals surface area contributed by atoms with E-state index in [1.54, 1.807) is 19.1 Å². The van der Waals surface area contributed by atoms with Crippen LogP contribution in [0.15, 0.2) is 18.2 Å². The fraction of sp³-hybridized carbons (Fsp3) is 0.455. The Morgan fingerprint density at radius 2 is 2.06 bits per heavy atom. The van der Waals surface area contributed by atoms with Gasteiger partial charge in [0.15, 0.2) is 0 Å². The Kier molecular flexibility index (Phi) is 4.28. The van der Waals surface area contributed by atoms with Gasteiger partial charge in [0.1, 0.15) is 15.5 Å². The summed E-state index contributed by atoms with van der Waals surface area (Å²) in [6.45, 7) is 3.49. The molecule has 0 amide bonds. The predicted octanol–water partition coefficient (Wildman–Crippen LogP) is 1.75. The van der Waals surface area contributed by atoms with Gasteiger partial charge in [-0.25, -0.2) is 8.42 Å². The van der Waals surface area contributed by atoms with Crippen LogP contribution in [0.1, 0.15) is 12.5 Å². The van der Waals surface area contributed by atoms with Gasteiger partial charge in [0.25, 0.3) is 5.69 Å². The zero-order valence-electron chi connectivity index (χ0n) is 10.5. The monoisotopic (exact) mass is 272 g/mol. The molecule has 1 rings (SSSR count). The maximum absolute atomic E-state index is 11.1. The lowest BCUT2D eigenvalue weighted by molar-refractivity contribution is -0.384. The number of rotatable bonds is 5. The summed E-state index contributed by atoms with van der Waals surface area (Å²) in [5.41, 5.74) is 1.16. The molecule has 100 valence electrons. The largest absolute Gasteiger partial charge is 0.376 e. The molecule has 0 aromatic heterocycles. The molecule has 1 N–H and O–H groups in total. The highest BCUT2D eigenvalue weighted by molar-refractivity contribution is 7.90. The normalized spacial score (nSPS) is 13.1. The number of aryl methyl sites for hydroxylation is 1. The van der Waals surface area contributed by atoms with Gasteiger partial charge in [-0.2, -0.15) is 0 Å². The molecule has 0 spiro atoms. The maximum Gasteiger partial charge on any atom is 0.292 e. The Balaban J connectivity index is 2.96. The lowest BCUT2D eigenvalue weighted by Crippen LogP contribution is -2.25. The summed E-state index contributed by atoms with van der Waals surface area (Å²) in [4.78, 5) is 10.4. The van der Waals surface area contributed by atoms with Crippen molar-refractivity contribution >= 4 is 21.2 Å². The van der Waals surface area contributed by atoms with E-state index in [-0.39, 0.29) is 17.5 Å². The molecule has 0 bridgehead atoms. The van der Waals surface area contributed by atoms with Crippen molar-refractivity contribution in [3.05, 3.63) is 33.9 Å². The molecular formula is C11H16N2O4S. The summed E-state index contributed by atoms with van der Waals surface area (Å²) < 4.78 is 22.3. The molecule has 0 fully saturated rings. The van der Waals surface area contributed by atoms with Crippen LogP contribution in [0.4, 0.5) is 11.4 Å². The lowest BCUT2D eigenvalue weighted by Gasteiger charge is -2.14. The van der Waals surface area contributed by atoms with Gasteiger partial charge in [0.05, 0.1) is 10.7 Å². The first-order valence-electron chi connectivity index (χ1n) is 5.38. The summed E-state index contributed by atoms with van der Waals surface area (Å²) in [5, 5.41) is 13.7. The van der Waals surface area contributed by atoms with Crippen LogP contribution >= 0.6 is 0 Å². The topological polar surface area (TPSA) is 89.3 Å². The number of nitro groups is 1. The first-order valence-corrected chi connectivity index (χ1v) is 7.44. The number of nitro benzene ring substituents is 1. The van der Waals surface area contributed by atoms with Gasteiger partial charge in [-0.15, -0.1) is 0 Å². The standard InChI is InChI=1S/C11H16N2O4S/c1-8-4-5-11(13(14)15)10(6-8)12-9(2)7-18(3,16)17/h4-6,9,12H,7H2,1-3H3. The van der Waals surface area contributed by atoms with Crippen molar-refractivity contribution in [1.82, 2.24) is 0 Å². The number of anilines is 1. The van der Waals surface area contributed by atoms with E-state index in [9.17, 15) is 18.5 Å². The Bertz CT molecular complexity index is 554. The van der Waals surface area contributed by atoms with E-state index >= 15 is 0 Å². The zero-order chi connectivity index (χ0) is 13.9. The summed E-state index contributed by atoms with van der Waals surface area (Å²) >= 11 is 0. The Hall–Kier alpha value is -1.63. The quantitative estimate of drug-likeness (QED) is 0.651. The van der Waals surface area contributed by atoms with Gasteiger partial charge < -0.3 is 5.32 Å². The van der Waals surface area contributed by atoms with Gasteiger partial charge in [-0.1, -0.05) is 6.07 Å². The number of nitrogens with one attached hydrogen (secondary N) is 1. The van der Waals surface area contributed by atoms with E-state index in [0.717, 1.165) is 11.8 Å². The second kappa shape index (κ2) is 5.34. The molecule has 1 unspecified atom stereocenters. The molecule has 18 heavy (non-hydrogen) atoms. The molecule has 1 aromatic rings. The van der Waals surface area contributed by atoms with Crippen molar-refractivity contribution in [1.29, 1.82) is 0 Å². The molecule has 0 saturated carbocycles. The van der Waals surface area contributed by atoms with E-state index in [2.05, 4.69) is 5.32 Å². The second-order valence-electron chi connectivity index (χ2n) is 4.42. The van der Waals surface area contributed by atoms with Crippen LogP contribution in [-0.4, -0.2) is 31.4 Å². The number of sulfone groups is 1. The molecule has 1 aromatic carbocycles. The van der Waals surface area contributed by atoms with Crippen molar-refractivity contribution in [3.63, 3.8) is 0 Å². The third-order valence-electron chi connectivity index (χ3n) is 2.30. The summed E-state index contributed by atoms with van der Waals surface area (Å²) in [7, 11) is -3.12. The van der Waals surface area contributed by atoms with Crippen LogP contribution in [0.25, 0.3) is 0 Å². The Morgan fingerprint density at radius 3 is 2.56 bits per heavy atom. The van der Waals surface area contributed by atoms with Gasteiger partial charge in [0.2, 0.25) is 0 Å². The van der Waals surface area contributed by atoms with Gasteiger partial charge in [0, 0.05) is 18.4 Å². The Morgan fingerprint density at radius 1 is 1.44 bits per heavy atom. The molecule has 6 nitrogen and oxygen atoms in total. The number of nitrogens with zero attached hydrogens (tertiary/aromatic N) is 1. The van der Waals surface area contributed by atoms with Crippen molar-refractivity contribution in [2.45, 2.75) is 19.9 Å². The molecule has 0 heterocycles. The Labute approximate surface area is 106 Å². The van der Waals surface area contributed by atoms with Gasteiger partial charge in [-0.3, -0.25) is 10.1 Å². The fourth-order valence-electron chi connectivity index (χ4n) is 1.69. The summed E-state index contributed by atoms with van der Waals surface area (Å²) in [6, 6.07) is 4.30. The molecule has 0 aliphatic rings. The zero-order valence-corrected chi connectivity index (χ0v) is 11.3. The number of hydrogen-bond donors (Lipinski definition) is 1. The van der Waals surface area contributed by atoms with Crippen LogP contribution in [-0.2, 0) is 9.84 Å². The summed E-state index contributed by atoms with van der Waals surface area (Å²) in [5.74, 6) is -0.0713. The molecule has 0 radical (unpaired) electrons. The average Bonchev–Trinajstić information content (AvgIpc) is 2.13. The van der Waals surface area contributed by atoms with Crippen molar-refractivity contribution in [2.75, 3.05) is 17.3 Å². The third-order valence-corrected chi connectivity index (χ3v) is 3.41. The minimum atomic E-state index is -3.12. The van der Waals surface area contributed by atoms with Crippen LogP contribution < -0.4 is 5.32 Å². The highest BCUT2D eigenvalue weighted by atomic mass is 32.2. The molecule has 1 atom stereocenters. The third kappa shape index (κ3) is 4.33. The number of benzene rings is 1. The minimum Gasteiger partial charge on any atom is -0.376 e. The van der Waals surface area contributed by atoms with E-state index in [1.165, 1.54) is 6.07 Å². The number of hydrogen-bond acceptors (Lipinski definition) is 5. The second-order valence-corrected chi connectivity index (χ2v) is 6.60. The van der Waals surface area contributed by atoms with E-state index in [0.29, 0.717) is 5.69 Å². The van der Waals surface area contributed by atoms with Crippen molar-refractivity contribution in [3.8, 4) is 0 Å². The van der Waals surface area contributed by atoms with E-state index in [1.807, 2.05) is 6.92 Å². The lowest BCUT2D eigenvalue weighted by atomic mass is 10.2. The average molecular weight is 272 g/mol. The highest BCUT2D eigenvalue weighted by Crippen LogP contribution is 2.25.